The van der Waals surface area contributed by atoms with Gasteiger partial charge in [0.1, 0.15) is 17.1 Å². The van der Waals surface area contributed by atoms with E-state index in [1.807, 2.05) is 82.4 Å². The summed E-state index contributed by atoms with van der Waals surface area (Å²) in [4.78, 5) is 35.7. The van der Waals surface area contributed by atoms with E-state index in [0.29, 0.717) is 12.4 Å². The van der Waals surface area contributed by atoms with E-state index in [-0.39, 0.29) is 31.7 Å². The summed E-state index contributed by atoms with van der Waals surface area (Å²) in [6.07, 6.45) is 1.52. The van der Waals surface area contributed by atoms with Crippen molar-refractivity contribution in [3.63, 3.8) is 0 Å². The Labute approximate surface area is 277 Å². The summed E-state index contributed by atoms with van der Waals surface area (Å²) in [7, 11) is 1.78. The molecular formula is C37H47FN6O3. The van der Waals surface area contributed by atoms with Crippen molar-refractivity contribution in [1.82, 2.24) is 29.1 Å². The van der Waals surface area contributed by atoms with Gasteiger partial charge in [0.15, 0.2) is 5.69 Å². The quantitative estimate of drug-likeness (QED) is 0.203. The predicted octanol–water partition coefficient (Wildman–Crippen LogP) is 7.22. The number of rotatable bonds is 8. The first kappa shape index (κ1) is 33.9. The number of nitrogens with zero attached hydrogens (tertiary/aromatic N) is 6. The Balaban J connectivity index is 1.61. The maximum Gasteiger partial charge on any atom is 0.410 e. The molecule has 1 aliphatic heterocycles. The van der Waals surface area contributed by atoms with E-state index in [0.717, 1.165) is 22.5 Å². The van der Waals surface area contributed by atoms with Gasteiger partial charge in [-0.2, -0.15) is 5.10 Å². The Morgan fingerprint density at radius 2 is 1.66 bits per heavy atom. The van der Waals surface area contributed by atoms with Crippen molar-refractivity contribution in [2.45, 2.75) is 78.7 Å². The monoisotopic (exact) mass is 642 g/mol. The van der Waals surface area contributed by atoms with Crippen LogP contribution < -0.4 is 0 Å². The molecule has 1 aliphatic rings. The van der Waals surface area contributed by atoms with Gasteiger partial charge in [-0.3, -0.25) is 9.48 Å². The molecule has 1 fully saturated rings. The standard InChI is InChI=1S/C37H47FN6O3/c1-26-21-29(40-41(26)8)33(45)44(25-37(38)19-20-42(24-37)34(46)47-36(5,6)7)31(35(2,3)4)32-39-30(28-17-13-10-14-18-28)23-43(32)22-27-15-11-9-12-16-27/h9-18,21,23,31H,19-20,22,24-25H2,1-8H3/t31-,37+/m0/s1. The van der Waals surface area contributed by atoms with Crippen molar-refractivity contribution in [1.29, 1.82) is 0 Å². The Morgan fingerprint density at radius 3 is 2.23 bits per heavy atom. The molecule has 1 saturated heterocycles. The fourth-order valence-corrected chi connectivity index (χ4v) is 6.14. The first-order valence-corrected chi connectivity index (χ1v) is 16.2. The Kier molecular flexibility index (Phi) is 9.35. The minimum absolute atomic E-state index is 0.0713. The Hall–Kier alpha value is -4.47. The third kappa shape index (κ3) is 7.92. The summed E-state index contributed by atoms with van der Waals surface area (Å²) >= 11 is 0. The zero-order valence-corrected chi connectivity index (χ0v) is 28.8. The molecule has 10 heteroatoms. The van der Waals surface area contributed by atoms with Crippen molar-refractivity contribution >= 4 is 12.0 Å². The number of aryl methyl sites for hydroxylation is 2. The second kappa shape index (κ2) is 13.0. The van der Waals surface area contributed by atoms with Crippen LogP contribution in [0.5, 0.6) is 0 Å². The lowest BCUT2D eigenvalue weighted by Gasteiger charge is -2.42. The highest BCUT2D eigenvalue weighted by Crippen LogP contribution is 2.42. The summed E-state index contributed by atoms with van der Waals surface area (Å²) in [6, 6.07) is 21.1. The number of alkyl halides is 1. The number of halogens is 1. The highest BCUT2D eigenvalue weighted by Gasteiger charge is 2.48. The van der Waals surface area contributed by atoms with Gasteiger partial charge >= 0.3 is 6.09 Å². The molecule has 5 rings (SSSR count). The number of likely N-dealkylation sites (tertiary alicyclic amines) is 1. The largest absolute Gasteiger partial charge is 0.444 e. The summed E-state index contributed by atoms with van der Waals surface area (Å²) in [5.41, 5.74) is 0.657. The zero-order valence-electron chi connectivity index (χ0n) is 28.8. The summed E-state index contributed by atoms with van der Waals surface area (Å²) in [5.74, 6) is 0.253. The van der Waals surface area contributed by atoms with Crippen LogP contribution in [-0.4, -0.2) is 72.0 Å². The van der Waals surface area contributed by atoms with E-state index in [9.17, 15) is 9.59 Å². The molecule has 0 spiro atoms. The van der Waals surface area contributed by atoms with E-state index in [1.165, 1.54) is 4.90 Å². The molecule has 0 N–H and O–H groups in total. The number of ether oxygens (including phenoxy) is 1. The van der Waals surface area contributed by atoms with Crippen molar-refractivity contribution in [2.24, 2.45) is 12.5 Å². The SMILES string of the molecule is Cc1cc(C(=O)N(C[C@@]2(F)CCN(C(=O)OC(C)(C)C)C2)[C@@H](c2nc(-c3ccccc3)cn2Cc2ccccc2)C(C)(C)C)nn1C. The lowest BCUT2D eigenvalue weighted by molar-refractivity contribution is 0.0132. The lowest BCUT2D eigenvalue weighted by atomic mass is 9.83. The van der Waals surface area contributed by atoms with Gasteiger partial charge in [-0.25, -0.2) is 14.2 Å². The van der Waals surface area contributed by atoms with Crippen molar-refractivity contribution in [3.05, 3.63) is 95.7 Å². The fraction of sp³-hybridized carbons (Fsp3) is 0.459. The number of aromatic nitrogens is 4. The first-order valence-electron chi connectivity index (χ1n) is 16.2. The van der Waals surface area contributed by atoms with Crippen LogP contribution in [0.1, 0.15) is 81.6 Å². The molecule has 0 saturated carbocycles. The predicted molar refractivity (Wildman–Crippen MR) is 181 cm³/mol. The second-order valence-electron chi connectivity index (χ2n) is 14.8. The second-order valence-corrected chi connectivity index (χ2v) is 14.8. The number of hydrogen-bond acceptors (Lipinski definition) is 5. The van der Waals surface area contributed by atoms with Gasteiger partial charge in [-0.05, 0) is 44.7 Å². The maximum absolute atomic E-state index is 17.1. The molecule has 2 aromatic heterocycles. The van der Waals surface area contributed by atoms with Crippen molar-refractivity contribution in [2.75, 3.05) is 19.6 Å². The molecule has 47 heavy (non-hydrogen) atoms. The molecule has 0 unspecified atom stereocenters. The molecule has 3 heterocycles. The molecule has 2 atom stereocenters. The molecule has 2 amide bonds. The molecular weight excluding hydrogens is 595 g/mol. The molecule has 250 valence electrons. The number of amides is 2. The third-order valence-corrected chi connectivity index (χ3v) is 8.45. The Bertz CT molecular complexity index is 1680. The van der Waals surface area contributed by atoms with Crippen LogP contribution in [0.3, 0.4) is 0 Å². The summed E-state index contributed by atoms with van der Waals surface area (Å²) in [6.45, 7) is 13.6. The highest BCUT2D eigenvalue weighted by molar-refractivity contribution is 5.93. The average Bonchev–Trinajstić information content (AvgIpc) is 3.69. The van der Waals surface area contributed by atoms with Crippen LogP contribution in [0, 0.1) is 12.3 Å². The molecule has 0 radical (unpaired) electrons. The Morgan fingerprint density at radius 1 is 1.02 bits per heavy atom. The smallest absolute Gasteiger partial charge is 0.410 e. The van der Waals surface area contributed by atoms with Crippen molar-refractivity contribution < 1.29 is 18.7 Å². The molecule has 2 aromatic carbocycles. The average molecular weight is 643 g/mol. The number of carbonyl (C=O) groups is 2. The van der Waals surface area contributed by atoms with Gasteiger partial charge in [-0.15, -0.1) is 0 Å². The van der Waals surface area contributed by atoms with Crippen LogP contribution in [0.15, 0.2) is 72.9 Å². The van der Waals surface area contributed by atoms with E-state index < -0.39 is 34.7 Å². The van der Waals surface area contributed by atoms with Gasteiger partial charge in [0, 0.05) is 44.0 Å². The van der Waals surface area contributed by atoms with E-state index in [2.05, 4.69) is 21.8 Å². The minimum Gasteiger partial charge on any atom is -0.444 e. The topological polar surface area (TPSA) is 85.5 Å². The molecule has 0 bridgehead atoms. The normalized spacial score (nSPS) is 17.5. The fourth-order valence-electron chi connectivity index (χ4n) is 6.14. The first-order chi connectivity index (χ1) is 22.0. The number of benzene rings is 2. The molecule has 4 aromatic rings. The van der Waals surface area contributed by atoms with E-state index in [1.54, 1.807) is 43.5 Å². The van der Waals surface area contributed by atoms with Crippen molar-refractivity contribution in [3.8, 4) is 11.3 Å². The van der Waals surface area contributed by atoms with E-state index in [4.69, 9.17) is 9.72 Å². The van der Waals surface area contributed by atoms with Crippen LogP contribution >= 0.6 is 0 Å². The van der Waals surface area contributed by atoms with Gasteiger partial charge < -0.3 is 19.1 Å². The van der Waals surface area contributed by atoms with Crippen LogP contribution in [0.4, 0.5) is 9.18 Å². The highest BCUT2D eigenvalue weighted by atomic mass is 19.1. The van der Waals surface area contributed by atoms with Gasteiger partial charge in [0.25, 0.3) is 5.91 Å². The number of imidazole rings is 1. The third-order valence-electron chi connectivity index (χ3n) is 8.45. The van der Waals surface area contributed by atoms with Gasteiger partial charge in [0.05, 0.1) is 24.8 Å². The summed E-state index contributed by atoms with van der Waals surface area (Å²) in [5, 5.41) is 4.50. The lowest BCUT2D eigenvalue weighted by Crippen LogP contribution is -2.50. The van der Waals surface area contributed by atoms with Gasteiger partial charge in [0.2, 0.25) is 0 Å². The minimum atomic E-state index is -1.88. The van der Waals surface area contributed by atoms with Gasteiger partial charge in [-0.1, -0.05) is 81.4 Å². The van der Waals surface area contributed by atoms with Crippen LogP contribution in [0.2, 0.25) is 0 Å². The summed E-state index contributed by atoms with van der Waals surface area (Å²) < 4.78 is 26.3. The van der Waals surface area contributed by atoms with Crippen LogP contribution in [-0.2, 0) is 18.3 Å². The zero-order chi connectivity index (χ0) is 34.1. The molecule has 9 nitrogen and oxygen atoms in total. The van der Waals surface area contributed by atoms with Crippen LogP contribution in [0.25, 0.3) is 11.3 Å². The maximum atomic E-state index is 17.1. The number of carbonyl (C=O) groups excluding carboxylic acids is 2. The molecule has 0 aliphatic carbocycles. The van der Waals surface area contributed by atoms with E-state index >= 15 is 4.39 Å². The number of hydrogen-bond donors (Lipinski definition) is 0.